The van der Waals surface area contributed by atoms with E-state index in [1.165, 1.54) is 77.4 Å². The molecule has 0 aromatic rings. The highest BCUT2D eigenvalue weighted by atomic mass is 15.1. The highest BCUT2D eigenvalue weighted by molar-refractivity contribution is 4.83. The molecule has 1 nitrogen and oxygen atoms in total. The molecule has 1 heterocycles. The van der Waals surface area contributed by atoms with Crippen molar-refractivity contribution in [3.8, 4) is 0 Å². The summed E-state index contributed by atoms with van der Waals surface area (Å²) in [5, 5.41) is 0. The van der Waals surface area contributed by atoms with Crippen LogP contribution in [0.3, 0.4) is 0 Å². The minimum absolute atomic E-state index is 1.06. The number of hydrogen-bond acceptors (Lipinski definition) is 1. The highest BCUT2D eigenvalue weighted by Gasteiger charge is 2.30. The lowest BCUT2D eigenvalue weighted by Gasteiger charge is -2.41. The molecule has 0 N–H and O–H groups in total. The number of likely N-dealkylation sites (tertiary alicyclic amines) is 1. The summed E-state index contributed by atoms with van der Waals surface area (Å²) < 4.78 is 0. The summed E-state index contributed by atoms with van der Waals surface area (Å²) in [5.41, 5.74) is 0. The first-order chi connectivity index (χ1) is 7.90. The summed E-state index contributed by atoms with van der Waals surface area (Å²) in [7, 11) is 0. The zero-order chi connectivity index (χ0) is 11.2. The van der Waals surface area contributed by atoms with Crippen molar-refractivity contribution >= 4 is 0 Å². The monoisotopic (exact) mass is 223 g/mol. The van der Waals surface area contributed by atoms with Gasteiger partial charge >= 0.3 is 0 Å². The maximum absolute atomic E-state index is 2.75. The van der Waals surface area contributed by atoms with Gasteiger partial charge in [-0.2, -0.15) is 0 Å². The first-order valence-corrected chi connectivity index (χ1v) is 7.62. The molecule has 94 valence electrons. The maximum atomic E-state index is 2.75. The zero-order valence-electron chi connectivity index (χ0n) is 11.1. The van der Waals surface area contributed by atoms with Gasteiger partial charge in [-0.1, -0.05) is 45.4 Å². The standard InChI is InChI=1S/C15H29N/c1-2-3-4-7-11-16-12-10-14-8-5-6-9-15(14)13-16/h14-15H,2-13H2,1H3. The van der Waals surface area contributed by atoms with Gasteiger partial charge in [-0.05, 0) is 44.2 Å². The van der Waals surface area contributed by atoms with Crippen molar-refractivity contribution in [2.75, 3.05) is 19.6 Å². The van der Waals surface area contributed by atoms with E-state index < -0.39 is 0 Å². The molecule has 16 heavy (non-hydrogen) atoms. The Kier molecular flexibility index (Phi) is 5.15. The first kappa shape index (κ1) is 12.4. The van der Waals surface area contributed by atoms with Gasteiger partial charge in [0.1, 0.15) is 0 Å². The second-order valence-electron chi connectivity index (χ2n) is 5.95. The van der Waals surface area contributed by atoms with Crippen molar-refractivity contribution in [1.82, 2.24) is 4.90 Å². The Morgan fingerprint density at radius 1 is 0.938 bits per heavy atom. The topological polar surface area (TPSA) is 3.24 Å². The van der Waals surface area contributed by atoms with Crippen LogP contribution in [0.25, 0.3) is 0 Å². The Labute approximate surface area is 102 Å². The maximum Gasteiger partial charge on any atom is 0.00123 e. The molecule has 2 aliphatic rings. The van der Waals surface area contributed by atoms with E-state index in [9.17, 15) is 0 Å². The van der Waals surface area contributed by atoms with Crippen LogP contribution in [0, 0.1) is 11.8 Å². The average Bonchev–Trinajstić information content (AvgIpc) is 2.34. The first-order valence-electron chi connectivity index (χ1n) is 7.62. The highest BCUT2D eigenvalue weighted by Crippen LogP contribution is 2.35. The summed E-state index contributed by atoms with van der Waals surface area (Å²) in [5.74, 6) is 2.16. The lowest BCUT2D eigenvalue weighted by molar-refractivity contribution is 0.0857. The van der Waals surface area contributed by atoms with Crippen molar-refractivity contribution in [3.05, 3.63) is 0 Å². The second kappa shape index (κ2) is 6.64. The van der Waals surface area contributed by atoms with E-state index in [1.807, 2.05) is 0 Å². The van der Waals surface area contributed by atoms with E-state index in [4.69, 9.17) is 0 Å². The lowest BCUT2D eigenvalue weighted by Crippen LogP contribution is -2.42. The largest absolute Gasteiger partial charge is 0.303 e. The Morgan fingerprint density at radius 3 is 2.56 bits per heavy atom. The summed E-state index contributed by atoms with van der Waals surface area (Å²) >= 11 is 0. The van der Waals surface area contributed by atoms with E-state index in [-0.39, 0.29) is 0 Å². The molecular weight excluding hydrogens is 194 g/mol. The molecule has 2 rings (SSSR count). The smallest absolute Gasteiger partial charge is 0.00123 e. The molecule has 0 spiro atoms. The van der Waals surface area contributed by atoms with Crippen LogP contribution in [0.1, 0.15) is 64.7 Å². The predicted octanol–water partition coefficient (Wildman–Crippen LogP) is 4.08. The fourth-order valence-corrected chi connectivity index (χ4v) is 3.64. The summed E-state index contributed by atoms with van der Waals surface area (Å²) in [4.78, 5) is 2.75. The Bertz CT molecular complexity index is 190. The van der Waals surface area contributed by atoms with E-state index in [0.717, 1.165) is 11.8 Å². The SMILES string of the molecule is CCCCCCN1CCC2CCCCC2C1. The summed E-state index contributed by atoms with van der Waals surface area (Å²) in [6.07, 6.45) is 13.3. The third-order valence-electron chi connectivity index (χ3n) is 4.70. The summed E-state index contributed by atoms with van der Waals surface area (Å²) in [6, 6.07) is 0. The summed E-state index contributed by atoms with van der Waals surface area (Å²) in [6.45, 7) is 6.50. The van der Waals surface area contributed by atoms with Crippen molar-refractivity contribution in [2.24, 2.45) is 11.8 Å². The van der Waals surface area contributed by atoms with Crippen molar-refractivity contribution < 1.29 is 0 Å². The van der Waals surface area contributed by atoms with Gasteiger partial charge in [0.2, 0.25) is 0 Å². The van der Waals surface area contributed by atoms with Crippen LogP contribution in [0.15, 0.2) is 0 Å². The van der Waals surface area contributed by atoms with Crippen molar-refractivity contribution in [2.45, 2.75) is 64.7 Å². The molecule has 0 amide bonds. The molecule has 1 aliphatic carbocycles. The van der Waals surface area contributed by atoms with E-state index in [2.05, 4.69) is 11.8 Å². The van der Waals surface area contributed by atoms with Crippen LogP contribution >= 0.6 is 0 Å². The third-order valence-corrected chi connectivity index (χ3v) is 4.70. The van der Waals surface area contributed by atoms with Gasteiger partial charge in [-0.15, -0.1) is 0 Å². The third kappa shape index (κ3) is 3.48. The molecule has 2 fully saturated rings. The molecule has 1 heteroatoms. The van der Waals surface area contributed by atoms with Crippen molar-refractivity contribution in [3.63, 3.8) is 0 Å². The fraction of sp³-hybridized carbons (Fsp3) is 1.00. The number of nitrogens with zero attached hydrogens (tertiary/aromatic N) is 1. The van der Waals surface area contributed by atoms with Gasteiger partial charge in [0, 0.05) is 6.54 Å². The molecule has 1 saturated heterocycles. The van der Waals surface area contributed by atoms with E-state index in [0.29, 0.717) is 0 Å². The zero-order valence-corrected chi connectivity index (χ0v) is 11.1. The Morgan fingerprint density at radius 2 is 1.75 bits per heavy atom. The van der Waals surface area contributed by atoms with Crippen LogP contribution in [-0.4, -0.2) is 24.5 Å². The number of unbranched alkanes of at least 4 members (excludes halogenated alkanes) is 3. The van der Waals surface area contributed by atoms with Gasteiger partial charge < -0.3 is 4.90 Å². The van der Waals surface area contributed by atoms with Crippen LogP contribution in [-0.2, 0) is 0 Å². The minimum Gasteiger partial charge on any atom is -0.303 e. The Hall–Kier alpha value is -0.0400. The molecule has 2 atom stereocenters. The number of rotatable bonds is 5. The van der Waals surface area contributed by atoms with Gasteiger partial charge in [0.05, 0.1) is 0 Å². The van der Waals surface area contributed by atoms with Gasteiger partial charge in [0.25, 0.3) is 0 Å². The van der Waals surface area contributed by atoms with Crippen LogP contribution in [0.4, 0.5) is 0 Å². The van der Waals surface area contributed by atoms with Gasteiger partial charge in [-0.25, -0.2) is 0 Å². The molecule has 2 unspecified atom stereocenters. The molecule has 1 aliphatic heterocycles. The predicted molar refractivity (Wildman–Crippen MR) is 70.6 cm³/mol. The molecule has 0 bridgehead atoms. The quantitative estimate of drug-likeness (QED) is 0.635. The van der Waals surface area contributed by atoms with Crippen LogP contribution in [0.5, 0.6) is 0 Å². The van der Waals surface area contributed by atoms with E-state index >= 15 is 0 Å². The van der Waals surface area contributed by atoms with E-state index in [1.54, 1.807) is 0 Å². The average molecular weight is 223 g/mol. The molecular formula is C15H29N. The van der Waals surface area contributed by atoms with Gasteiger partial charge in [-0.3, -0.25) is 0 Å². The molecule has 0 radical (unpaired) electrons. The Balaban J connectivity index is 1.65. The molecule has 0 aromatic heterocycles. The second-order valence-corrected chi connectivity index (χ2v) is 5.95. The molecule has 1 saturated carbocycles. The molecule has 0 aromatic carbocycles. The number of fused-ring (bicyclic) bond motifs is 1. The lowest BCUT2D eigenvalue weighted by atomic mass is 9.75. The van der Waals surface area contributed by atoms with Crippen molar-refractivity contribution in [1.29, 1.82) is 0 Å². The minimum atomic E-state index is 1.06. The van der Waals surface area contributed by atoms with Crippen LogP contribution < -0.4 is 0 Å². The van der Waals surface area contributed by atoms with Gasteiger partial charge in [0.15, 0.2) is 0 Å². The number of hydrogen-bond donors (Lipinski definition) is 0. The normalized spacial score (nSPS) is 31.3. The van der Waals surface area contributed by atoms with Crippen LogP contribution in [0.2, 0.25) is 0 Å². The number of piperidine rings is 1. The fourth-order valence-electron chi connectivity index (χ4n) is 3.64.